The molecule has 1 aliphatic rings. The van der Waals surface area contributed by atoms with Gasteiger partial charge in [0.25, 0.3) is 0 Å². The van der Waals surface area contributed by atoms with Gasteiger partial charge in [0.05, 0.1) is 0 Å². The Morgan fingerprint density at radius 2 is 2.31 bits per heavy atom. The van der Waals surface area contributed by atoms with Crippen LogP contribution in [-0.4, -0.2) is 7.28 Å². The summed E-state index contributed by atoms with van der Waals surface area (Å²) in [5, 5.41) is 0. The third kappa shape index (κ3) is 4.97. The Balaban J connectivity index is 2.07. The van der Waals surface area contributed by atoms with Crippen LogP contribution < -0.4 is 0 Å². The van der Waals surface area contributed by atoms with Gasteiger partial charge >= 0.3 is 0 Å². The van der Waals surface area contributed by atoms with Crippen LogP contribution in [0.5, 0.6) is 0 Å². The molecule has 0 aromatic rings. The van der Waals surface area contributed by atoms with E-state index in [0.717, 1.165) is 5.92 Å². The lowest BCUT2D eigenvalue weighted by Crippen LogP contribution is -1.95. The van der Waals surface area contributed by atoms with E-state index in [9.17, 15) is 0 Å². The highest BCUT2D eigenvalue weighted by Gasteiger charge is 2.17. The van der Waals surface area contributed by atoms with Crippen LogP contribution in [0, 0.1) is 5.92 Å². The number of hydrogen-bond donors (Lipinski definition) is 0. The van der Waals surface area contributed by atoms with Crippen molar-refractivity contribution in [1.29, 1.82) is 0 Å². The van der Waals surface area contributed by atoms with Gasteiger partial charge in [0.15, 0.2) is 0 Å². The van der Waals surface area contributed by atoms with Crippen LogP contribution in [0.25, 0.3) is 0 Å². The summed E-state index contributed by atoms with van der Waals surface area (Å²) in [4.78, 5) is 0. The summed E-state index contributed by atoms with van der Waals surface area (Å²) in [5.41, 5.74) is 1.56. The molecule has 1 rings (SSSR count). The van der Waals surface area contributed by atoms with Crippen molar-refractivity contribution in [2.24, 2.45) is 5.92 Å². The lowest BCUT2D eigenvalue weighted by atomic mass is 9.61. The van der Waals surface area contributed by atoms with Crippen LogP contribution in [0.2, 0.25) is 12.1 Å². The molecule has 0 aliphatic heterocycles. The number of allylic oxidation sites excluding steroid dienone is 3. The second-order valence-electron chi connectivity index (χ2n) is 4.22. The van der Waals surface area contributed by atoms with E-state index in [4.69, 9.17) is 0 Å². The first kappa shape index (κ1) is 10.6. The maximum absolute atomic E-state index is 3.77. The molecular formula is C12H20B. The van der Waals surface area contributed by atoms with Crippen molar-refractivity contribution in [3.63, 3.8) is 0 Å². The van der Waals surface area contributed by atoms with E-state index >= 15 is 0 Å². The molecule has 0 amide bonds. The number of rotatable bonds is 6. The van der Waals surface area contributed by atoms with Crippen molar-refractivity contribution in [3.8, 4) is 0 Å². The molecule has 71 valence electrons. The predicted molar refractivity (Wildman–Crippen MR) is 61.3 cm³/mol. The third-order valence-electron chi connectivity index (χ3n) is 2.59. The van der Waals surface area contributed by atoms with Crippen molar-refractivity contribution >= 4 is 7.28 Å². The van der Waals surface area contributed by atoms with Gasteiger partial charge in [-0.3, -0.25) is 0 Å². The molecule has 1 atom stereocenters. The predicted octanol–water partition coefficient (Wildman–Crippen LogP) is 3.85. The summed E-state index contributed by atoms with van der Waals surface area (Å²) in [7, 11) is 2.34. The smallest absolute Gasteiger partial charge is 0.104 e. The monoisotopic (exact) mass is 175 g/mol. The zero-order chi connectivity index (χ0) is 9.68. The van der Waals surface area contributed by atoms with Gasteiger partial charge in [0, 0.05) is 0 Å². The normalized spacial score (nSPS) is 19.7. The Morgan fingerprint density at radius 3 is 2.85 bits per heavy atom. The van der Waals surface area contributed by atoms with Crippen molar-refractivity contribution in [2.45, 2.75) is 45.2 Å². The molecule has 1 radical (unpaired) electrons. The minimum absolute atomic E-state index is 0.564. The fraction of sp³-hybridized carbons (Fsp3) is 0.667. The summed E-state index contributed by atoms with van der Waals surface area (Å²) >= 11 is 0. The average Bonchev–Trinajstić information content (AvgIpc) is 2.88. The quantitative estimate of drug-likeness (QED) is 0.424. The SMILES string of the molecule is C=CC(C)[B]CC/C(C)=C\C1CC1. The van der Waals surface area contributed by atoms with E-state index in [2.05, 4.69) is 33.8 Å². The molecule has 0 saturated heterocycles. The largest absolute Gasteiger partial charge is 0.118 e. The Labute approximate surface area is 83.4 Å². The highest BCUT2D eigenvalue weighted by Crippen LogP contribution is 2.31. The molecule has 1 aliphatic carbocycles. The Kier molecular flexibility index (Phi) is 4.34. The fourth-order valence-corrected chi connectivity index (χ4v) is 1.42. The molecular weight excluding hydrogens is 155 g/mol. The molecule has 1 saturated carbocycles. The van der Waals surface area contributed by atoms with Gasteiger partial charge in [-0.2, -0.15) is 0 Å². The summed E-state index contributed by atoms with van der Waals surface area (Å²) in [6.07, 6.45) is 9.72. The van der Waals surface area contributed by atoms with E-state index in [0.29, 0.717) is 5.82 Å². The molecule has 0 bridgehead atoms. The minimum Gasteiger partial charge on any atom is -0.104 e. The second-order valence-corrected chi connectivity index (χ2v) is 4.22. The standard InChI is InChI=1S/C12H20B/c1-4-11(3)13-8-7-10(2)9-12-5-6-12/h4,9,11-12H,1,5-8H2,2-3H3/b10-9-. The first-order chi connectivity index (χ1) is 6.22. The van der Waals surface area contributed by atoms with Gasteiger partial charge in [-0.15, -0.1) is 6.58 Å². The summed E-state index contributed by atoms with van der Waals surface area (Å²) < 4.78 is 0. The van der Waals surface area contributed by atoms with Crippen molar-refractivity contribution in [2.75, 3.05) is 0 Å². The van der Waals surface area contributed by atoms with E-state index in [-0.39, 0.29) is 0 Å². The lowest BCUT2D eigenvalue weighted by Gasteiger charge is -2.03. The maximum atomic E-state index is 3.77. The highest BCUT2D eigenvalue weighted by molar-refractivity contribution is 6.38. The molecule has 0 nitrogen and oxygen atoms in total. The van der Waals surface area contributed by atoms with Crippen molar-refractivity contribution in [3.05, 3.63) is 24.3 Å². The molecule has 0 aromatic carbocycles. The molecule has 1 heteroatoms. The minimum atomic E-state index is 0.564. The topological polar surface area (TPSA) is 0 Å². The van der Waals surface area contributed by atoms with Gasteiger partial charge in [-0.25, -0.2) is 0 Å². The summed E-state index contributed by atoms with van der Waals surface area (Å²) in [6.45, 7) is 8.21. The van der Waals surface area contributed by atoms with Crippen LogP contribution in [0.1, 0.15) is 33.1 Å². The molecule has 0 spiro atoms. The summed E-state index contributed by atoms with van der Waals surface area (Å²) in [5.74, 6) is 1.49. The Morgan fingerprint density at radius 1 is 1.62 bits per heavy atom. The van der Waals surface area contributed by atoms with E-state index < -0.39 is 0 Å². The van der Waals surface area contributed by atoms with E-state index in [1.54, 1.807) is 5.57 Å². The molecule has 0 aromatic heterocycles. The van der Waals surface area contributed by atoms with Gasteiger partial charge in [-0.1, -0.05) is 36.8 Å². The van der Waals surface area contributed by atoms with Crippen molar-refractivity contribution < 1.29 is 0 Å². The zero-order valence-corrected chi connectivity index (χ0v) is 8.92. The fourth-order valence-electron chi connectivity index (χ4n) is 1.42. The first-order valence-corrected chi connectivity index (χ1v) is 5.35. The van der Waals surface area contributed by atoms with Crippen LogP contribution in [0.15, 0.2) is 24.3 Å². The van der Waals surface area contributed by atoms with Crippen LogP contribution in [0.4, 0.5) is 0 Å². The molecule has 1 fully saturated rings. The lowest BCUT2D eigenvalue weighted by molar-refractivity contribution is 1.00. The Bertz CT molecular complexity index is 189. The third-order valence-corrected chi connectivity index (χ3v) is 2.59. The van der Waals surface area contributed by atoms with Crippen molar-refractivity contribution in [1.82, 2.24) is 0 Å². The van der Waals surface area contributed by atoms with Gasteiger partial charge < -0.3 is 0 Å². The average molecular weight is 175 g/mol. The molecule has 1 unspecified atom stereocenters. The van der Waals surface area contributed by atoms with Crippen LogP contribution in [0.3, 0.4) is 0 Å². The molecule has 13 heavy (non-hydrogen) atoms. The zero-order valence-electron chi connectivity index (χ0n) is 8.92. The maximum Gasteiger partial charge on any atom is 0.118 e. The Hall–Kier alpha value is -0.455. The number of hydrogen-bond acceptors (Lipinski definition) is 0. The van der Waals surface area contributed by atoms with Gasteiger partial charge in [0.2, 0.25) is 0 Å². The van der Waals surface area contributed by atoms with Crippen LogP contribution in [-0.2, 0) is 0 Å². The van der Waals surface area contributed by atoms with E-state index in [1.807, 2.05) is 6.08 Å². The summed E-state index contributed by atoms with van der Waals surface area (Å²) in [6, 6.07) is 0. The van der Waals surface area contributed by atoms with Gasteiger partial charge in [0.1, 0.15) is 7.28 Å². The first-order valence-electron chi connectivity index (χ1n) is 5.35. The molecule has 0 N–H and O–H groups in total. The van der Waals surface area contributed by atoms with Gasteiger partial charge in [-0.05, 0) is 32.1 Å². The van der Waals surface area contributed by atoms with Crippen LogP contribution >= 0.6 is 0 Å². The second kappa shape index (κ2) is 5.31. The molecule has 0 heterocycles. The van der Waals surface area contributed by atoms with E-state index in [1.165, 1.54) is 25.6 Å². The highest BCUT2D eigenvalue weighted by atomic mass is 14.2.